The Hall–Kier alpha value is -3.21. The molecular formula is C14H13N7O. The summed E-state index contributed by atoms with van der Waals surface area (Å²) in [6, 6.07) is 7.67. The molecule has 0 spiro atoms. The molecule has 1 aliphatic heterocycles. The summed E-state index contributed by atoms with van der Waals surface area (Å²) in [5.74, 6) is 0.332. The standard InChI is InChI=1S/C14H13N7O/c1-2-21-12-4-3-11(5-9(12)6-13(21)22)16-8-10(7-15)14-17-19-20-18-14/h3-5,8,16H,2,6H2,1H3,(H,17,18,19,20). The average molecular weight is 295 g/mol. The van der Waals surface area contributed by atoms with E-state index in [1.54, 1.807) is 4.90 Å². The number of nitrogens with zero attached hydrogens (tertiary/aromatic N) is 5. The third-order valence-corrected chi connectivity index (χ3v) is 3.42. The zero-order valence-electron chi connectivity index (χ0n) is 11.9. The second-order valence-electron chi connectivity index (χ2n) is 4.71. The molecule has 0 radical (unpaired) electrons. The number of nitriles is 1. The first-order valence-electron chi connectivity index (χ1n) is 6.77. The van der Waals surface area contributed by atoms with E-state index in [2.05, 4.69) is 25.9 Å². The quantitative estimate of drug-likeness (QED) is 0.817. The van der Waals surface area contributed by atoms with Crippen LogP contribution in [0.5, 0.6) is 0 Å². The first kappa shape index (κ1) is 13.8. The fraction of sp³-hybridized carbons (Fsp3) is 0.214. The van der Waals surface area contributed by atoms with Crippen molar-refractivity contribution in [2.75, 3.05) is 16.8 Å². The van der Waals surface area contributed by atoms with E-state index < -0.39 is 0 Å². The highest BCUT2D eigenvalue weighted by atomic mass is 16.2. The van der Waals surface area contributed by atoms with Crippen LogP contribution in [0.4, 0.5) is 11.4 Å². The summed E-state index contributed by atoms with van der Waals surface area (Å²) in [5, 5.41) is 25.4. The van der Waals surface area contributed by atoms with Crippen LogP contribution in [-0.2, 0) is 11.2 Å². The van der Waals surface area contributed by atoms with Gasteiger partial charge in [-0.25, -0.2) is 0 Å². The maximum absolute atomic E-state index is 11.9. The Balaban J connectivity index is 1.82. The van der Waals surface area contributed by atoms with Gasteiger partial charge < -0.3 is 10.2 Å². The molecule has 1 amide bonds. The Labute approximate surface area is 126 Å². The van der Waals surface area contributed by atoms with Gasteiger partial charge in [-0.2, -0.15) is 10.5 Å². The van der Waals surface area contributed by atoms with Crippen molar-refractivity contribution in [1.29, 1.82) is 5.26 Å². The molecule has 0 fully saturated rings. The maximum Gasteiger partial charge on any atom is 0.231 e. The Kier molecular flexibility index (Phi) is 3.53. The van der Waals surface area contributed by atoms with Crippen LogP contribution in [0.15, 0.2) is 24.4 Å². The monoisotopic (exact) mass is 295 g/mol. The number of carbonyl (C=O) groups is 1. The molecule has 1 aromatic heterocycles. The largest absolute Gasteiger partial charge is 0.360 e. The number of hydrogen-bond acceptors (Lipinski definition) is 6. The summed E-state index contributed by atoms with van der Waals surface area (Å²) in [4.78, 5) is 13.6. The minimum absolute atomic E-state index is 0.106. The number of hydrogen-bond donors (Lipinski definition) is 2. The van der Waals surface area contributed by atoms with Gasteiger partial charge in [-0.1, -0.05) is 0 Å². The normalized spacial score (nSPS) is 13.9. The smallest absolute Gasteiger partial charge is 0.231 e. The molecule has 0 bridgehead atoms. The van der Waals surface area contributed by atoms with Crippen LogP contribution in [-0.4, -0.2) is 33.1 Å². The number of fused-ring (bicyclic) bond motifs is 1. The molecule has 8 nitrogen and oxygen atoms in total. The maximum atomic E-state index is 11.9. The highest BCUT2D eigenvalue weighted by Crippen LogP contribution is 2.31. The van der Waals surface area contributed by atoms with Crippen molar-refractivity contribution < 1.29 is 4.79 Å². The lowest BCUT2D eigenvalue weighted by molar-refractivity contribution is -0.117. The molecular weight excluding hydrogens is 282 g/mol. The van der Waals surface area contributed by atoms with Crippen LogP contribution in [0.1, 0.15) is 18.3 Å². The van der Waals surface area contributed by atoms with E-state index in [4.69, 9.17) is 5.26 Å². The predicted octanol–water partition coefficient (Wildman–Crippen LogP) is 1.09. The van der Waals surface area contributed by atoms with E-state index in [1.165, 1.54) is 6.20 Å². The fourth-order valence-corrected chi connectivity index (χ4v) is 2.40. The predicted molar refractivity (Wildman–Crippen MR) is 79.6 cm³/mol. The number of tetrazole rings is 1. The Morgan fingerprint density at radius 2 is 2.45 bits per heavy atom. The summed E-state index contributed by atoms with van der Waals surface area (Å²) in [6.45, 7) is 2.61. The van der Waals surface area contributed by atoms with Crippen molar-refractivity contribution in [1.82, 2.24) is 20.6 Å². The van der Waals surface area contributed by atoms with Crippen molar-refractivity contribution >= 4 is 22.9 Å². The Morgan fingerprint density at radius 1 is 1.59 bits per heavy atom. The molecule has 1 aliphatic rings. The fourth-order valence-electron chi connectivity index (χ4n) is 2.40. The number of rotatable bonds is 4. The summed E-state index contributed by atoms with van der Waals surface area (Å²) in [7, 11) is 0. The third-order valence-electron chi connectivity index (χ3n) is 3.42. The molecule has 0 saturated carbocycles. The van der Waals surface area contributed by atoms with Gasteiger partial charge in [0.2, 0.25) is 11.7 Å². The van der Waals surface area contributed by atoms with Crippen LogP contribution in [0.25, 0.3) is 5.57 Å². The Bertz CT molecular complexity index is 773. The summed E-state index contributed by atoms with van der Waals surface area (Å²) in [5.41, 5.74) is 2.98. The van der Waals surface area contributed by atoms with Gasteiger partial charge in [-0.3, -0.25) is 4.79 Å². The number of amides is 1. The summed E-state index contributed by atoms with van der Waals surface area (Å²) in [6.07, 6.45) is 1.92. The van der Waals surface area contributed by atoms with Crippen LogP contribution in [0.3, 0.4) is 0 Å². The third kappa shape index (κ3) is 2.40. The number of benzene rings is 1. The zero-order chi connectivity index (χ0) is 15.5. The van der Waals surface area contributed by atoms with E-state index in [9.17, 15) is 4.79 Å². The zero-order valence-corrected chi connectivity index (χ0v) is 11.9. The van der Waals surface area contributed by atoms with Crippen LogP contribution in [0, 0.1) is 11.3 Å². The average Bonchev–Trinajstić information content (AvgIpc) is 3.14. The van der Waals surface area contributed by atoms with Gasteiger partial charge in [0.1, 0.15) is 11.6 Å². The second-order valence-corrected chi connectivity index (χ2v) is 4.71. The summed E-state index contributed by atoms with van der Waals surface area (Å²) < 4.78 is 0. The number of carbonyl (C=O) groups excluding carboxylic acids is 1. The van der Waals surface area contributed by atoms with E-state index in [-0.39, 0.29) is 17.3 Å². The van der Waals surface area contributed by atoms with Crippen LogP contribution < -0.4 is 10.2 Å². The molecule has 0 atom stereocenters. The molecule has 0 aliphatic carbocycles. The number of H-pyrrole nitrogens is 1. The van der Waals surface area contributed by atoms with Crippen molar-refractivity contribution in [3.63, 3.8) is 0 Å². The van der Waals surface area contributed by atoms with Crippen LogP contribution >= 0.6 is 0 Å². The molecule has 3 rings (SSSR count). The number of aromatic nitrogens is 4. The van der Waals surface area contributed by atoms with Gasteiger partial charge in [0.25, 0.3) is 0 Å². The topological polar surface area (TPSA) is 111 Å². The lowest BCUT2D eigenvalue weighted by atomic mass is 10.1. The molecule has 8 heteroatoms. The number of aromatic amines is 1. The Morgan fingerprint density at radius 3 is 3.14 bits per heavy atom. The molecule has 1 aromatic carbocycles. The molecule has 2 N–H and O–H groups in total. The van der Waals surface area contributed by atoms with Gasteiger partial charge in [0.15, 0.2) is 0 Å². The van der Waals surface area contributed by atoms with Crippen molar-refractivity contribution in [3.8, 4) is 6.07 Å². The molecule has 0 unspecified atom stereocenters. The lowest BCUT2D eigenvalue weighted by Gasteiger charge is -2.14. The number of anilines is 2. The molecule has 2 aromatic rings. The first-order valence-corrected chi connectivity index (χ1v) is 6.77. The van der Waals surface area contributed by atoms with Gasteiger partial charge in [0.05, 0.1) is 6.42 Å². The van der Waals surface area contributed by atoms with Crippen molar-refractivity contribution in [3.05, 3.63) is 35.8 Å². The van der Waals surface area contributed by atoms with Gasteiger partial charge >= 0.3 is 0 Å². The molecule has 0 saturated heterocycles. The highest BCUT2D eigenvalue weighted by Gasteiger charge is 2.25. The molecule has 22 heavy (non-hydrogen) atoms. The summed E-state index contributed by atoms with van der Waals surface area (Å²) >= 11 is 0. The highest BCUT2D eigenvalue weighted by molar-refractivity contribution is 6.01. The number of likely N-dealkylation sites (N-methyl/N-ethyl adjacent to an activating group) is 1. The van der Waals surface area contributed by atoms with E-state index in [1.807, 2.05) is 31.2 Å². The van der Waals surface area contributed by atoms with E-state index in [0.29, 0.717) is 13.0 Å². The minimum atomic E-state index is 0.106. The van der Waals surface area contributed by atoms with Gasteiger partial charge in [-0.05, 0) is 35.9 Å². The molecule has 110 valence electrons. The second kappa shape index (κ2) is 5.65. The first-order chi connectivity index (χ1) is 10.7. The number of allylic oxidation sites excluding steroid dienone is 1. The lowest BCUT2D eigenvalue weighted by Crippen LogP contribution is -2.25. The number of nitrogens with one attached hydrogen (secondary N) is 2. The van der Waals surface area contributed by atoms with E-state index in [0.717, 1.165) is 16.9 Å². The molecule has 2 heterocycles. The minimum Gasteiger partial charge on any atom is -0.360 e. The van der Waals surface area contributed by atoms with Crippen LogP contribution in [0.2, 0.25) is 0 Å². The SMILES string of the molecule is CCN1C(=O)Cc2cc(NC=C(C#N)c3nn[nH]n3)ccc21. The van der Waals surface area contributed by atoms with Gasteiger partial charge in [0, 0.05) is 24.1 Å². The van der Waals surface area contributed by atoms with Gasteiger partial charge in [-0.15, -0.1) is 10.2 Å². The van der Waals surface area contributed by atoms with Crippen molar-refractivity contribution in [2.45, 2.75) is 13.3 Å². The van der Waals surface area contributed by atoms with E-state index >= 15 is 0 Å². The van der Waals surface area contributed by atoms with Crippen molar-refractivity contribution in [2.24, 2.45) is 0 Å².